The van der Waals surface area contributed by atoms with Crippen molar-refractivity contribution in [1.82, 2.24) is 14.9 Å². The molecule has 0 saturated heterocycles. The highest BCUT2D eigenvalue weighted by Crippen LogP contribution is 2.18. The van der Waals surface area contributed by atoms with Gasteiger partial charge in [0.1, 0.15) is 10.7 Å². The number of sulfonamides is 1. The zero-order chi connectivity index (χ0) is 15.5. The molecule has 6 nitrogen and oxygen atoms in total. The van der Waals surface area contributed by atoms with Crippen LogP contribution in [-0.4, -0.2) is 25.0 Å². The van der Waals surface area contributed by atoms with Gasteiger partial charge in [0.25, 0.3) is 10.0 Å². The van der Waals surface area contributed by atoms with E-state index in [1.165, 1.54) is 0 Å². The van der Waals surface area contributed by atoms with Gasteiger partial charge < -0.3 is 9.88 Å². The highest BCUT2D eigenvalue weighted by Gasteiger charge is 2.18. The molecule has 21 heavy (non-hydrogen) atoms. The molecule has 0 fully saturated rings. The van der Waals surface area contributed by atoms with Crippen molar-refractivity contribution in [3.05, 3.63) is 41.9 Å². The molecule has 114 valence electrons. The first kappa shape index (κ1) is 15.5. The van der Waals surface area contributed by atoms with Crippen LogP contribution in [0.15, 0.2) is 35.4 Å². The fraction of sp³-hybridized carbons (Fsp3) is 0.357. The molecule has 0 aliphatic heterocycles. The van der Waals surface area contributed by atoms with E-state index in [4.69, 9.17) is 0 Å². The van der Waals surface area contributed by atoms with Crippen LogP contribution >= 0.6 is 0 Å². The highest BCUT2D eigenvalue weighted by molar-refractivity contribution is 7.92. The van der Waals surface area contributed by atoms with Crippen LogP contribution in [0.1, 0.15) is 18.3 Å². The Morgan fingerprint density at radius 3 is 2.71 bits per heavy atom. The van der Waals surface area contributed by atoms with Gasteiger partial charge in [0, 0.05) is 30.7 Å². The second kappa shape index (κ2) is 6.28. The van der Waals surface area contributed by atoms with Gasteiger partial charge in [0.05, 0.1) is 0 Å². The first-order valence-corrected chi connectivity index (χ1v) is 8.24. The Labute approximate surface area is 125 Å². The number of nitrogens with one attached hydrogen (secondary N) is 2. The molecule has 2 aromatic rings. The van der Waals surface area contributed by atoms with Gasteiger partial charge in [-0.15, -0.1) is 0 Å². The summed E-state index contributed by atoms with van der Waals surface area (Å²) in [5.41, 5.74) is 1.69. The molecular formula is C14H20N4O2S. The van der Waals surface area contributed by atoms with Gasteiger partial charge in [0.2, 0.25) is 0 Å². The number of pyridine rings is 1. The van der Waals surface area contributed by atoms with Crippen molar-refractivity contribution in [2.45, 2.75) is 31.8 Å². The lowest BCUT2D eigenvalue weighted by molar-refractivity contribution is 0.600. The molecule has 0 aromatic carbocycles. The van der Waals surface area contributed by atoms with E-state index in [1.807, 2.05) is 31.5 Å². The average molecular weight is 308 g/mol. The first-order chi connectivity index (χ1) is 9.96. The number of aromatic nitrogens is 2. The van der Waals surface area contributed by atoms with Crippen LogP contribution in [0, 0.1) is 6.92 Å². The third-order valence-corrected chi connectivity index (χ3v) is 4.42. The minimum atomic E-state index is -3.62. The van der Waals surface area contributed by atoms with Gasteiger partial charge >= 0.3 is 0 Å². The molecule has 0 atom stereocenters. The van der Waals surface area contributed by atoms with E-state index >= 15 is 0 Å². The summed E-state index contributed by atoms with van der Waals surface area (Å²) in [5.74, 6) is 0.328. The molecule has 2 heterocycles. The monoisotopic (exact) mass is 308 g/mol. The van der Waals surface area contributed by atoms with E-state index < -0.39 is 10.0 Å². The molecule has 0 bridgehead atoms. The van der Waals surface area contributed by atoms with Gasteiger partial charge in [-0.2, -0.15) is 0 Å². The van der Waals surface area contributed by atoms with Crippen LogP contribution in [0.5, 0.6) is 0 Å². The summed E-state index contributed by atoms with van der Waals surface area (Å²) in [6.07, 6.45) is 1.64. The normalized spacial score (nSPS) is 11.6. The quantitative estimate of drug-likeness (QED) is 0.852. The summed E-state index contributed by atoms with van der Waals surface area (Å²) < 4.78 is 29.2. The first-order valence-electron chi connectivity index (χ1n) is 6.76. The van der Waals surface area contributed by atoms with E-state index in [0.29, 0.717) is 12.4 Å². The second-order valence-corrected chi connectivity index (χ2v) is 6.44. The Morgan fingerprint density at radius 1 is 1.33 bits per heavy atom. The summed E-state index contributed by atoms with van der Waals surface area (Å²) >= 11 is 0. The highest BCUT2D eigenvalue weighted by atomic mass is 32.2. The summed E-state index contributed by atoms with van der Waals surface area (Å²) in [7, 11) is -1.79. The third-order valence-electron chi connectivity index (χ3n) is 3.10. The molecule has 2 aromatic heterocycles. The molecule has 0 spiro atoms. The van der Waals surface area contributed by atoms with Crippen LogP contribution in [0.2, 0.25) is 0 Å². The van der Waals surface area contributed by atoms with Crippen molar-refractivity contribution in [3.8, 4) is 0 Å². The Balaban J connectivity index is 2.31. The fourth-order valence-corrected chi connectivity index (χ4v) is 3.16. The maximum atomic E-state index is 12.4. The minimum absolute atomic E-state index is 0.248. The molecular weight excluding hydrogens is 288 g/mol. The molecule has 0 saturated carbocycles. The summed E-state index contributed by atoms with van der Waals surface area (Å²) in [5, 5.41) is 3.03. The lowest BCUT2D eigenvalue weighted by atomic mass is 10.4. The molecule has 0 aliphatic rings. The third kappa shape index (κ3) is 3.62. The van der Waals surface area contributed by atoms with E-state index in [2.05, 4.69) is 15.0 Å². The van der Waals surface area contributed by atoms with Gasteiger partial charge in [0.15, 0.2) is 0 Å². The van der Waals surface area contributed by atoms with E-state index in [0.717, 1.165) is 17.9 Å². The van der Waals surface area contributed by atoms with Crippen molar-refractivity contribution in [2.24, 2.45) is 0 Å². The topological polar surface area (TPSA) is 76.0 Å². The Morgan fingerprint density at radius 2 is 2.10 bits per heavy atom. The summed E-state index contributed by atoms with van der Waals surface area (Å²) in [4.78, 5) is 4.41. The number of nitrogens with zero attached hydrogens (tertiary/aromatic N) is 2. The zero-order valence-electron chi connectivity index (χ0n) is 12.4. The Hall–Kier alpha value is -1.86. The standard InChI is InChI=1S/C14H20N4O2S/c1-4-18-10-13(8-12(18)9-15-3)21(19,20)17-14-7-5-6-11(2)16-14/h5-8,10,15H,4,9H2,1-3H3,(H,16,17). The van der Waals surface area contributed by atoms with Crippen molar-refractivity contribution in [3.63, 3.8) is 0 Å². The smallest absolute Gasteiger partial charge is 0.264 e. The Kier molecular flexibility index (Phi) is 4.64. The predicted molar refractivity (Wildman–Crippen MR) is 82.7 cm³/mol. The average Bonchev–Trinajstić information content (AvgIpc) is 2.83. The Bertz CT molecular complexity index is 722. The zero-order valence-corrected chi connectivity index (χ0v) is 13.2. The number of rotatable bonds is 6. The largest absolute Gasteiger partial charge is 0.349 e. The fourth-order valence-electron chi connectivity index (χ4n) is 2.09. The number of anilines is 1. The lowest BCUT2D eigenvalue weighted by Crippen LogP contribution is -2.13. The van der Waals surface area contributed by atoms with Gasteiger partial charge in [-0.05, 0) is 39.1 Å². The van der Waals surface area contributed by atoms with Crippen LogP contribution in [-0.2, 0) is 23.1 Å². The molecule has 2 N–H and O–H groups in total. The number of hydrogen-bond acceptors (Lipinski definition) is 4. The molecule has 0 unspecified atom stereocenters. The molecule has 0 aliphatic carbocycles. The second-order valence-electron chi connectivity index (χ2n) is 4.75. The molecule has 0 radical (unpaired) electrons. The minimum Gasteiger partial charge on any atom is -0.349 e. The molecule has 7 heteroatoms. The van der Waals surface area contributed by atoms with E-state index in [9.17, 15) is 8.42 Å². The van der Waals surface area contributed by atoms with Gasteiger partial charge in [-0.25, -0.2) is 13.4 Å². The molecule has 2 rings (SSSR count). The van der Waals surface area contributed by atoms with Crippen molar-refractivity contribution in [2.75, 3.05) is 11.8 Å². The summed E-state index contributed by atoms with van der Waals surface area (Å²) in [6, 6.07) is 6.90. The van der Waals surface area contributed by atoms with Crippen LogP contribution in [0.25, 0.3) is 0 Å². The van der Waals surface area contributed by atoms with Crippen LogP contribution in [0.3, 0.4) is 0 Å². The van der Waals surface area contributed by atoms with Crippen molar-refractivity contribution < 1.29 is 8.42 Å². The van der Waals surface area contributed by atoms with Crippen LogP contribution in [0.4, 0.5) is 5.82 Å². The lowest BCUT2D eigenvalue weighted by Gasteiger charge is -2.06. The van der Waals surface area contributed by atoms with Crippen molar-refractivity contribution >= 4 is 15.8 Å². The SMILES string of the molecule is CCn1cc(S(=O)(=O)Nc2cccc(C)n2)cc1CNC. The summed E-state index contributed by atoms with van der Waals surface area (Å²) in [6.45, 7) is 5.13. The van der Waals surface area contributed by atoms with Gasteiger partial charge in [-0.3, -0.25) is 4.72 Å². The maximum absolute atomic E-state index is 12.4. The predicted octanol–water partition coefficient (Wildman–Crippen LogP) is 1.73. The number of hydrogen-bond donors (Lipinski definition) is 2. The number of aryl methyl sites for hydroxylation is 2. The van der Waals surface area contributed by atoms with E-state index in [-0.39, 0.29) is 4.90 Å². The van der Waals surface area contributed by atoms with Crippen LogP contribution < -0.4 is 10.0 Å². The molecule has 0 amide bonds. The van der Waals surface area contributed by atoms with Gasteiger partial charge in [-0.1, -0.05) is 6.07 Å². The van der Waals surface area contributed by atoms with Crippen molar-refractivity contribution in [1.29, 1.82) is 0 Å². The van der Waals surface area contributed by atoms with E-state index in [1.54, 1.807) is 24.4 Å². The maximum Gasteiger partial charge on any atom is 0.264 e.